The lowest BCUT2D eigenvalue weighted by Crippen LogP contribution is -2.19. The van der Waals surface area contributed by atoms with Crippen molar-refractivity contribution in [1.29, 1.82) is 0 Å². The van der Waals surface area contributed by atoms with E-state index in [4.69, 9.17) is 16.3 Å². The van der Waals surface area contributed by atoms with E-state index >= 15 is 0 Å². The van der Waals surface area contributed by atoms with Gasteiger partial charge in [0, 0.05) is 13.2 Å². The molecular weight excluding hydrogens is 216 g/mol. The lowest BCUT2D eigenvalue weighted by Gasteiger charge is -2.21. The highest BCUT2D eigenvalue weighted by atomic mass is 35.5. The molecule has 1 aromatic rings. The number of ether oxygens (including phenoxy) is 1. The average molecular weight is 229 g/mol. The first-order valence-corrected chi connectivity index (χ1v) is 5.45. The first-order chi connectivity index (χ1) is 7.25. The molecule has 1 aromatic heterocycles. The summed E-state index contributed by atoms with van der Waals surface area (Å²) in [6.07, 6.45) is 2.97. The van der Waals surface area contributed by atoms with Crippen LogP contribution in [0.4, 0.5) is 0 Å². The molecule has 0 spiro atoms. The molecule has 5 heteroatoms. The predicted molar refractivity (Wildman–Crippen MR) is 57.1 cm³/mol. The summed E-state index contributed by atoms with van der Waals surface area (Å²) >= 11 is 5.72. The van der Waals surface area contributed by atoms with Crippen molar-refractivity contribution in [2.45, 2.75) is 19.3 Å². The number of aromatic nitrogens is 2. The van der Waals surface area contributed by atoms with Crippen LogP contribution in [0.25, 0.3) is 0 Å². The van der Waals surface area contributed by atoms with Crippen LogP contribution in [-0.2, 0) is 11.2 Å². The Morgan fingerprint density at radius 2 is 2.27 bits per heavy atom. The molecule has 0 bridgehead atoms. The molecule has 4 nitrogen and oxygen atoms in total. The molecule has 0 atom stereocenters. The van der Waals surface area contributed by atoms with Gasteiger partial charge in [-0.05, 0) is 31.2 Å². The third-order valence-corrected chi connectivity index (χ3v) is 2.93. The Hall–Kier alpha value is -0.870. The highest BCUT2D eigenvalue weighted by molar-refractivity contribution is 6.30. The fraction of sp³-hybridized carbons (Fsp3) is 0.600. The van der Waals surface area contributed by atoms with Crippen molar-refractivity contribution in [2.24, 2.45) is 5.92 Å². The summed E-state index contributed by atoms with van der Waals surface area (Å²) < 4.78 is 5.28. The molecule has 1 saturated heterocycles. The van der Waals surface area contributed by atoms with Gasteiger partial charge in [-0.15, -0.1) is 0 Å². The fourth-order valence-corrected chi connectivity index (χ4v) is 1.94. The molecule has 15 heavy (non-hydrogen) atoms. The Morgan fingerprint density at radius 1 is 1.53 bits per heavy atom. The molecule has 2 heterocycles. The first kappa shape index (κ1) is 10.6. The molecule has 0 aromatic carbocycles. The molecular formula is C10H13ClN2O2. The molecule has 0 radical (unpaired) electrons. The average Bonchev–Trinajstić information content (AvgIpc) is 2.25. The summed E-state index contributed by atoms with van der Waals surface area (Å²) in [4.78, 5) is 11.0. The quantitative estimate of drug-likeness (QED) is 0.833. The summed E-state index contributed by atoms with van der Waals surface area (Å²) in [5.41, 5.74) is 0.527. The van der Waals surface area contributed by atoms with Gasteiger partial charge in [0.2, 0.25) is 0 Å². The molecule has 0 amide bonds. The van der Waals surface area contributed by atoms with E-state index in [2.05, 4.69) is 10.2 Å². The zero-order valence-corrected chi connectivity index (χ0v) is 9.09. The molecule has 1 N–H and O–H groups in total. The first-order valence-electron chi connectivity index (χ1n) is 5.07. The highest BCUT2D eigenvalue weighted by Gasteiger charge is 2.15. The second-order valence-corrected chi connectivity index (χ2v) is 4.20. The van der Waals surface area contributed by atoms with Gasteiger partial charge in [0.05, 0.1) is 5.69 Å². The SMILES string of the molecule is O=c1[nH]nc(CC2CCOCC2)cc1Cl. The summed E-state index contributed by atoms with van der Waals surface area (Å²) in [6.45, 7) is 1.64. The predicted octanol–water partition coefficient (Wildman–Crippen LogP) is 1.39. The van der Waals surface area contributed by atoms with Gasteiger partial charge in [-0.1, -0.05) is 11.6 Å². The summed E-state index contributed by atoms with van der Waals surface area (Å²) in [5.74, 6) is 0.591. The van der Waals surface area contributed by atoms with E-state index in [1.54, 1.807) is 6.07 Å². The van der Waals surface area contributed by atoms with Crippen LogP contribution in [0.3, 0.4) is 0 Å². The number of hydrogen-bond donors (Lipinski definition) is 1. The highest BCUT2D eigenvalue weighted by Crippen LogP contribution is 2.19. The van der Waals surface area contributed by atoms with Gasteiger partial charge in [0.25, 0.3) is 5.56 Å². The Balaban J connectivity index is 2.03. The second-order valence-electron chi connectivity index (χ2n) is 3.80. The van der Waals surface area contributed by atoms with Crippen LogP contribution < -0.4 is 5.56 Å². The summed E-state index contributed by atoms with van der Waals surface area (Å²) in [7, 11) is 0. The van der Waals surface area contributed by atoms with Crippen LogP contribution in [0.2, 0.25) is 5.02 Å². The molecule has 2 rings (SSSR count). The number of nitrogens with zero attached hydrogens (tertiary/aromatic N) is 1. The Kier molecular flexibility index (Phi) is 3.38. The fourth-order valence-electron chi connectivity index (χ4n) is 1.77. The third kappa shape index (κ3) is 2.79. The molecule has 1 fully saturated rings. The smallest absolute Gasteiger partial charge is 0.282 e. The number of nitrogens with one attached hydrogen (secondary N) is 1. The van der Waals surface area contributed by atoms with Gasteiger partial charge in [0.15, 0.2) is 0 Å². The molecule has 0 unspecified atom stereocenters. The normalized spacial score (nSPS) is 17.9. The van der Waals surface area contributed by atoms with E-state index in [1.807, 2.05) is 0 Å². The van der Waals surface area contributed by atoms with Crippen molar-refractivity contribution < 1.29 is 4.74 Å². The van der Waals surface area contributed by atoms with Crippen molar-refractivity contribution in [2.75, 3.05) is 13.2 Å². The lowest BCUT2D eigenvalue weighted by molar-refractivity contribution is 0.0662. The van der Waals surface area contributed by atoms with Crippen LogP contribution in [0.1, 0.15) is 18.5 Å². The maximum Gasteiger partial charge on any atom is 0.282 e. The van der Waals surface area contributed by atoms with E-state index in [1.165, 1.54) is 0 Å². The largest absolute Gasteiger partial charge is 0.381 e. The van der Waals surface area contributed by atoms with E-state index < -0.39 is 0 Å². The van der Waals surface area contributed by atoms with E-state index in [-0.39, 0.29) is 10.6 Å². The van der Waals surface area contributed by atoms with Crippen molar-refractivity contribution in [3.63, 3.8) is 0 Å². The van der Waals surface area contributed by atoms with Crippen LogP contribution >= 0.6 is 11.6 Å². The van der Waals surface area contributed by atoms with Crippen molar-refractivity contribution in [3.05, 3.63) is 27.1 Å². The minimum absolute atomic E-state index is 0.215. The third-order valence-electron chi connectivity index (χ3n) is 2.65. The number of hydrogen-bond acceptors (Lipinski definition) is 3. The molecule has 1 aliphatic rings. The van der Waals surface area contributed by atoms with Gasteiger partial charge in [0.1, 0.15) is 5.02 Å². The number of aromatic amines is 1. The van der Waals surface area contributed by atoms with Gasteiger partial charge < -0.3 is 4.74 Å². The minimum atomic E-state index is -0.326. The monoisotopic (exact) mass is 228 g/mol. The van der Waals surface area contributed by atoms with Gasteiger partial charge in [-0.3, -0.25) is 4.79 Å². The molecule has 0 saturated carbocycles. The van der Waals surface area contributed by atoms with Crippen LogP contribution in [0.5, 0.6) is 0 Å². The number of rotatable bonds is 2. The van der Waals surface area contributed by atoms with E-state index in [0.29, 0.717) is 5.92 Å². The van der Waals surface area contributed by atoms with Gasteiger partial charge in [-0.25, -0.2) is 5.10 Å². The zero-order chi connectivity index (χ0) is 10.7. The summed E-state index contributed by atoms with van der Waals surface area (Å²) in [6, 6.07) is 1.65. The standard InChI is InChI=1S/C10H13ClN2O2/c11-9-6-8(12-13-10(9)14)5-7-1-3-15-4-2-7/h6-7H,1-5H2,(H,13,14). The van der Waals surface area contributed by atoms with E-state index in [9.17, 15) is 4.79 Å². The van der Waals surface area contributed by atoms with Crippen molar-refractivity contribution in [1.82, 2.24) is 10.2 Å². The van der Waals surface area contributed by atoms with Gasteiger partial charge >= 0.3 is 0 Å². The summed E-state index contributed by atoms with van der Waals surface area (Å²) in [5, 5.41) is 6.57. The van der Waals surface area contributed by atoms with Crippen molar-refractivity contribution in [3.8, 4) is 0 Å². The van der Waals surface area contributed by atoms with E-state index in [0.717, 1.165) is 38.2 Å². The molecule has 0 aliphatic carbocycles. The van der Waals surface area contributed by atoms with Crippen molar-refractivity contribution >= 4 is 11.6 Å². The van der Waals surface area contributed by atoms with Gasteiger partial charge in [-0.2, -0.15) is 5.10 Å². The number of halogens is 1. The maximum absolute atomic E-state index is 11.0. The maximum atomic E-state index is 11.0. The Morgan fingerprint density at radius 3 is 2.93 bits per heavy atom. The molecule has 1 aliphatic heterocycles. The second kappa shape index (κ2) is 4.77. The van der Waals surface area contributed by atoms with Crippen LogP contribution in [0.15, 0.2) is 10.9 Å². The Labute approximate surface area is 92.6 Å². The number of H-pyrrole nitrogens is 1. The van der Waals surface area contributed by atoms with Crippen LogP contribution in [0, 0.1) is 5.92 Å². The Bertz CT molecular complexity index is 385. The zero-order valence-electron chi connectivity index (χ0n) is 8.33. The minimum Gasteiger partial charge on any atom is -0.381 e. The topological polar surface area (TPSA) is 55.0 Å². The lowest BCUT2D eigenvalue weighted by atomic mass is 9.95. The molecule has 82 valence electrons. The van der Waals surface area contributed by atoms with Crippen LogP contribution in [-0.4, -0.2) is 23.4 Å².